The van der Waals surface area contributed by atoms with Crippen molar-refractivity contribution < 1.29 is 9.13 Å². The number of fused-ring (bicyclic) bond motifs is 1. The summed E-state index contributed by atoms with van der Waals surface area (Å²) in [4.78, 5) is 0. The zero-order chi connectivity index (χ0) is 19.8. The van der Waals surface area contributed by atoms with Crippen LogP contribution >= 0.6 is 0 Å². The lowest BCUT2D eigenvalue weighted by Gasteiger charge is -2.12. The molecule has 1 unspecified atom stereocenters. The van der Waals surface area contributed by atoms with Gasteiger partial charge in [-0.3, -0.25) is 0 Å². The van der Waals surface area contributed by atoms with Crippen molar-refractivity contribution >= 4 is 10.8 Å². The highest BCUT2D eigenvalue weighted by Crippen LogP contribution is 2.33. The Morgan fingerprint density at radius 2 is 1.89 bits per heavy atom. The van der Waals surface area contributed by atoms with Crippen molar-refractivity contribution in [3.05, 3.63) is 78.9 Å². The first-order chi connectivity index (χ1) is 13.7. The summed E-state index contributed by atoms with van der Waals surface area (Å²) in [7, 11) is 0. The maximum absolute atomic E-state index is 12.9. The third-order valence-electron chi connectivity index (χ3n) is 4.54. The molecular weight excluding hydrogens is 347 g/mol. The third-order valence-corrected chi connectivity index (χ3v) is 4.54. The maximum atomic E-state index is 12.9. The Bertz CT molecular complexity index is 1010. The van der Waals surface area contributed by atoms with Crippen LogP contribution in [0.2, 0.25) is 0 Å². The molecule has 2 heteroatoms. The summed E-state index contributed by atoms with van der Waals surface area (Å²) in [5.74, 6) is 7.09. The van der Waals surface area contributed by atoms with E-state index in [0.29, 0.717) is 19.4 Å². The highest BCUT2D eigenvalue weighted by Gasteiger charge is 2.08. The van der Waals surface area contributed by atoms with Gasteiger partial charge in [0.15, 0.2) is 0 Å². The second kappa shape index (κ2) is 9.76. The minimum absolute atomic E-state index is 0.436. The molecule has 0 bridgehead atoms. The maximum Gasteiger partial charge on any atom is 0.128 e. The van der Waals surface area contributed by atoms with Gasteiger partial charge in [-0.15, -0.1) is 0 Å². The molecule has 3 aromatic carbocycles. The zero-order valence-corrected chi connectivity index (χ0v) is 16.2. The molecule has 0 amide bonds. The fraction of sp³-hybridized carbons (Fsp3) is 0.231. The molecule has 1 atom stereocenters. The molecule has 0 saturated carbocycles. The molecule has 3 rings (SSSR count). The predicted molar refractivity (Wildman–Crippen MR) is 116 cm³/mol. The van der Waals surface area contributed by atoms with Gasteiger partial charge in [0.1, 0.15) is 12.4 Å². The van der Waals surface area contributed by atoms with Gasteiger partial charge in [-0.25, -0.2) is 4.39 Å². The summed E-state index contributed by atoms with van der Waals surface area (Å²) >= 11 is 0. The molecule has 0 aliphatic heterocycles. The number of alkyl halides is 1. The Kier molecular flexibility index (Phi) is 6.87. The fourth-order valence-corrected chi connectivity index (χ4v) is 3.10. The first-order valence-electron chi connectivity index (χ1n) is 9.67. The standard InChI is InChI=1S/C26H25FO/c1-3-17-28-26-18-21(10-6-4-5-9-20(2)27)13-16-25(26)24-15-14-22-11-7-8-12-23(22)19-24/h3,7-8,11-16,18-20H,1,4-5,9,17H2,2H3. The van der Waals surface area contributed by atoms with E-state index in [-0.39, 0.29) is 0 Å². The predicted octanol–water partition coefficient (Wildman–Crippen LogP) is 6.95. The Morgan fingerprint density at radius 3 is 2.68 bits per heavy atom. The lowest BCUT2D eigenvalue weighted by molar-refractivity contribution is 0.336. The van der Waals surface area contributed by atoms with Crippen LogP contribution < -0.4 is 4.74 Å². The van der Waals surface area contributed by atoms with Crippen LogP contribution in [0.5, 0.6) is 5.75 Å². The monoisotopic (exact) mass is 372 g/mol. The van der Waals surface area contributed by atoms with Crippen LogP contribution in [0.15, 0.2) is 73.3 Å². The van der Waals surface area contributed by atoms with Gasteiger partial charge in [-0.05, 0) is 60.4 Å². The van der Waals surface area contributed by atoms with Crippen molar-refractivity contribution in [2.45, 2.75) is 32.4 Å². The summed E-state index contributed by atoms with van der Waals surface area (Å²) < 4.78 is 18.8. The Balaban J connectivity index is 1.87. The summed E-state index contributed by atoms with van der Waals surface area (Å²) in [5.41, 5.74) is 3.04. The molecule has 0 spiro atoms. The van der Waals surface area contributed by atoms with Gasteiger partial charge in [-0.2, -0.15) is 0 Å². The first kappa shape index (κ1) is 19.7. The molecule has 3 aromatic rings. The van der Waals surface area contributed by atoms with Crippen molar-refractivity contribution in [3.8, 4) is 28.7 Å². The van der Waals surface area contributed by atoms with E-state index in [4.69, 9.17) is 4.74 Å². The number of hydrogen-bond donors (Lipinski definition) is 0. The van der Waals surface area contributed by atoms with Crippen LogP contribution in [0.25, 0.3) is 21.9 Å². The number of hydrogen-bond acceptors (Lipinski definition) is 1. The average Bonchev–Trinajstić information content (AvgIpc) is 2.71. The first-order valence-corrected chi connectivity index (χ1v) is 9.67. The summed E-state index contributed by atoms with van der Waals surface area (Å²) in [5, 5.41) is 2.41. The van der Waals surface area contributed by atoms with E-state index in [0.717, 1.165) is 28.9 Å². The van der Waals surface area contributed by atoms with Crippen LogP contribution in [0.4, 0.5) is 4.39 Å². The van der Waals surface area contributed by atoms with E-state index in [1.165, 1.54) is 10.8 Å². The van der Waals surface area contributed by atoms with Crippen LogP contribution in [-0.2, 0) is 0 Å². The van der Waals surface area contributed by atoms with Crippen molar-refractivity contribution in [3.63, 3.8) is 0 Å². The van der Waals surface area contributed by atoms with Gasteiger partial charge in [0.05, 0.1) is 6.17 Å². The Morgan fingerprint density at radius 1 is 1.07 bits per heavy atom. The third kappa shape index (κ3) is 5.24. The highest BCUT2D eigenvalue weighted by atomic mass is 19.1. The van der Waals surface area contributed by atoms with Crippen LogP contribution in [0.3, 0.4) is 0 Å². The van der Waals surface area contributed by atoms with Gasteiger partial charge >= 0.3 is 0 Å². The van der Waals surface area contributed by atoms with Crippen LogP contribution in [-0.4, -0.2) is 12.8 Å². The lowest BCUT2D eigenvalue weighted by Crippen LogP contribution is -1.96. The van der Waals surface area contributed by atoms with Crippen molar-refractivity contribution in [1.82, 2.24) is 0 Å². The molecule has 1 nitrogen and oxygen atoms in total. The summed E-state index contributed by atoms with van der Waals surface area (Å²) in [6.07, 6.45) is 3.01. The normalized spacial score (nSPS) is 11.5. The quantitative estimate of drug-likeness (QED) is 0.248. The molecule has 0 aromatic heterocycles. The van der Waals surface area contributed by atoms with E-state index >= 15 is 0 Å². The molecule has 0 heterocycles. The second-order valence-electron chi connectivity index (χ2n) is 6.85. The van der Waals surface area contributed by atoms with E-state index < -0.39 is 6.17 Å². The lowest BCUT2D eigenvalue weighted by atomic mass is 9.99. The van der Waals surface area contributed by atoms with Gasteiger partial charge < -0.3 is 4.74 Å². The molecule has 142 valence electrons. The van der Waals surface area contributed by atoms with Crippen LogP contribution in [0, 0.1) is 11.8 Å². The van der Waals surface area contributed by atoms with E-state index in [2.05, 4.69) is 54.8 Å². The molecule has 0 radical (unpaired) electrons. The smallest absolute Gasteiger partial charge is 0.128 e. The molecule has 28 heavy (non-hydrogen) atoms. The van der Waals surface area contributed by atoms with E-state index in [1.807, 2.05) is 24.3 Å². The number of rotatable bonds is 7. The molecular formula is C26H25FO. The highest BCUT2D eigenvalue weighted by molar-refractivity contribution is 5.88. The molecule has 0 fully saturated rings. The largest absolute Gasteiger partial charge is 0.489 e. The van der Waals surface area contributed by atoms with Crippen molar-refractivity contribution in [2.75, 3.05) is 6.61 Å². The minimum atomic E-state index is -0.762. The summed E-state index contributed by atoms with van der Waals surface area (Å²) in [6.45, 7) is 5.76. The summed E-state index contributed by atoms with van der Waals surface area (Å²) in [6, 6.07) is 20.8. The van der Waals surface area contributed by atoms with Gasteiger partial charge in [0.25, 0.3) is 0 Å². The van der Waals surface area contributed by atoms with Gasteiger partial charge in [-0.1, -0.05) is 60.9 Å². The Hall–Kier alpha value is -3.05. The number of halogens is 1. The fourth-order valence-electron chi connectivity index (χ4n) is 3.10. The van der Waals surface area contributed by atoms with Crippen LogP contribution in [0.1, 0.15) is 31.7 Å². The molecule has 0 N–H and O–H groups in total. The van der Waals surface area contributed by atoms with E-state index in [9.17, 15) is 4.39 Å². The Labute approximate surface area is 166 Å². The number of ether oxygens (including phenoxy) is 1. The SMILES string of the molecule is C=CCOc1cc(C#CCCCC(C)F)ccc1-c1ccc2ccccc2c1. The zero-order valence-electron chi connectivity index (χ0n) is 16.2. The topological polar surface area (TPSA) is 9.23 Å². The molecule has 0 aliphatic rings. The van der Waals surface area contributed by atoms with E-state index in [1.54, 1.807) is 13.0 Å². The molecule has 0 saturated heterocycles. The van der Waals surface area contributed by atoms with Crippen molar-refractivity contribution in [2.24, 2.45) is 0 Å². The number of unbranched alkanes of at least 4 members (excludes halogenated alkanes) is 1. The minimum Gasteiger partial charge on any atom is -0.489 e. The average molecular weight is 372 g/mol. The number of benzene rings is 3. The second-order valence-corrected chi connectivity index (χ2v) is 6.85. The van der Waals surface area contributed by atoms with Gasteiger partial charge in [0.2, 0.25) is 0 Å². The molecule has 0 aliphatic carbocycles. The van der Waals surface area contributed by atoms with Gasteiger partial charge in [0, 0.05) is 17.5 Å². The van der Waals surface area contributed by atoms with Crippen molar-refractivity contribution in [1.29, 1.82) is 0 Å².